The van der Waals surface area contributed by atoms with Gasteiger partial charge in [0.25, 0.3) is 0 Å². The molecule has 2 aliphatic rings. The van der Waals surface area contributed by atoms with Crippen LogP contribution in [0.25, 0.3) is 0 Å². The minimum atomic E-state index is -0.899. The van der Waals surface area contributed by atoms with Crippen molar-refractivity contribution in [1.29, 1.82) is 0 Å². The van der Waals surface area contributed by atoms with E-state index in [0.29, 0.717) is 17.7 Å². The lowest BCUT2D eigenvalue weighted by atomic mass is 9.69. The minimum absolute atomic E-state index is 0.0596. The molecule has 2 rings (SSSR count). The fourth-order valence-corrected chi connectivity index (χ4v) is 4.78. The molecule has 0 aromatic carbocycles. The first-order valence-electron chi connectivity index (χ1n) is 10.2. The average Bonchev–Trinajstić information content (AvgIpc) is 2.61. The van der Waals surface area contributed by atoms with Crippen molar-refractivity contribution >= 4 is 17.7 Å². The van der Waals surface area contributed by atoms with E-state index in [0.717, 1.165) is 43.6 Å². The molecule has 0 aromatic heterocycles. The van der Waals surface area contributed by atoms with E-state index in [9.17, 15) is 9.90 Å². The van der Waals surface area contributed by atoms with Crippen LogP contribution in [0.4, 0.5) is 0 Å². The molecular weight excluding hydrogens is 374 g/mol. The number of hydrogen-bond acceptors (Lipinski definition) is 5. The van der Waals surface area contributed by atoms with E-state index in [2.05, 4.69) is 12.2 Å². The molecule has 0 atom stereocenters. The van der Waals surface area contributed by atoms with Gasteiger partial charge in [-0.2, -0.15) is 0 Å². The number of amides is 1. The first-order chi connectivity index (χ1) is 12.9. The van der Waals surface area contributed by atoms with Crippen molar-refractivity contribution in [3.05, 3.63) is 23.1 Å². The number of carbonyl (C=O) groups excluding carboxylic acids is 1. The van der Waals surface area contributed by atoms with Crippen LogP contribution in [0.2, 0.25) is 0 Å². The van der Waals surface area contributed by atoms with E-state index in [-0.39, 0.29) is 5.91 Å². The van der Waals surface area contributed by atoms with Gasteiger partial charge in [0, 0.05) is 30.0 Å². The molecule has 2 aliphatic heterocycles. The van der Waals surface area contributed by atoms with Crippen molar-refractivity contribution in [3.8, 4) is 0 Å². The van der Waals surface area contributed by atoms with Crippen LogP contribution >= 0.6 is 11.8 Å². The van der Waals surface area contributed by atoms with Gasteiger partial charge in [0.2, 0.25) is 5.91 Å². The predicted octanol–water partition coefficient (Wildman–Crippen LogP) is 4.17. The minimum Gasteiger partial charge on any atom is -0.474 e. The van der Waals surface area contributed by atoms with E-state index in [1.54, 1.807) is 11.8 Å². The van der Waals surface area contributed by atoms with Gasteiger partial charge >= 0.3 is 0 Å². The van der Waals surface area contributed by atoms with Gasteiger partial charge < -0.3 is 14.6 Å². The van der Waals surface area contributed by atoms with Crippen molar-refractivity contribution < 1.29 is 19.4 Å². The number of nitrogens with one attached hydrogen (secondary N) is 1. The molecule has 0 radical (unpaired) electrons. The predicted molar refractivity (Wildman–Crippen MR) is 115 cm³/mol. The van der Waals surface area contributed by atoms with Crippen molar-refractivity contribution in [1.82, 2.24) is 5.32 Å². The molecule has 28 heavy (non-hydrogen) atoms. The second kappa shape index (κ2) is 8.80. The van der Waals surface area contributed by atoms with Gasteiger partial charge in [-0.05, 0) is 58.1 Å². The second-order valence-electron chi connectivity index (χ2n) is 9.25. The maximum Gasteiger partial charge on any atom is 0.242 e. The highest BCUT2D eigenvalue weighted by molar-refractivity contribution is 8.01. The topological polar surface area (TPSA) is 67.8 Å². The van der Waals surface area contributed by atoms with E-state index >= 15 is 0 Å². The fourth-order valence-electron chi connectivity index (χ4n) is 3.36. The molecule has 1 amide bonds. The number of ether oxygens (including phenoxy) is 2. The summed E-state index contributed by atoms with van der Waals surface area (Å²) in [7, 11) is 0. The normalized spacial score (nSPS) is 19.9. The van der Waals surface area contributed by atoms with Crippen LogP contribution in [0, 0.1) is 5.41 Å². The van der Waals surface area contributed by atoms with Crippen molar-refractivity contribution in [2.24, 2.45) is 5.41 Å². The molecule has 6 heteroatoms. The van der Waals surface area contributed by atoms with Crippen LogP contribution in [-0.4, -0.2) is 46.4 Å². The van der Waals surface area contributed by atoms with Gasteiger partial charge in [-0.25, -0.2) is 0 Å². The summed E-state index contributed by atoms with van der Waals surface area (Å²) in [6.07, 6.45) is 4.70. The smallest absolute Gasteiger partial charge is 0.242 e. The van der Waals surface area contributed by atoms with Crippen LogP contribution in [0.5, 0.6) is 0 Å². The first-order valence-corrected chi connectivity index (χ1v) is 11.1. The lowest BCUT2D eigenvalue weighted by molar-refractivity contribution is -0.122. The van der Waals surface area contributed by atoms with Crippen LogP contribution < -0.4 is 5.32 Å². The standard InChI is InChI=1S/C22H37NO4S/c1-8-15-14-27-18(13-17(15)20(2,3)22(6,7)25)23-19(24)21(4,5)28-16-9-11-26-12-10-16/h13,16,25H,8-12,14H2,1-7H3,(H,23,24). The van der Waals surface area contributed by atoms with Crippen molar-refractivity contribution in [2.75, 3.05) is 19.8 Å². The Kier molecular flexibility index (Phi) is 7.32. The molecule has 160 valence electrons. The molecule has 0 unspecified atom stereocenters. The Morgan fingerprint density at radius 2 is 1.82 bits per heavy atom. The molecule has 1 saturated heterocycles. The van der Waals surface area contributed by atoms with Crippen molar-refractivity contribution in [2.45, 2.75) is 83.3 Å². The maximum absolute atomic E-state index is 13.0. The molecule has 5 nitrogen and oxygen atoms in total. The Morgan fingerprint density at radius 1 is 1.21 bits per heavy atom. The summed E-state index contributed by atoms with van der Waals surface area (Å²) in [5, 5.41) is 14.1. The molecule has 1 fully saturated rings. The van der Waals surface area contributed by atoms with Gasteiger partial charge in [0.1, 0.15) is 6.61 Å². The molecule has 0 spiro atoms. The number of rotatable bonds is 7. The number of hydrogen-bond donors (Lipinski definition) is 2. The quantitative estimate of drug-likeness (QED) is 0.658. The van der Waals surface area contributed by atoms with E-state index in [1.165, 1.54) is 0 Å². The fraction of sp³-hybridized carbons (Fsp3) is 0.773. The number of carbonyl (C=O) groups is 1. The van der Waals surface area contributed by atoms with Gasteiger partial charge in [-0.1, -0.05) is 20.8 Å². The SMILES string of the molecule is CCC1=C(C(C)(C)C(C)(C)O)C=C(NC(=O)C(C)(C)SC2CCOCC2)OC1. The molecule has 0 bridgehead atoms. The zero-order valence-corrected chi connectivity index (χ0v) is 19.3. The summed E-state index contributed by atoms with van der Waals surface area (Å²) in [5.74, 6) is 0.408. The van der Waals surface area contributed by atoms with Crippen LogP contribution in [0.15, 0.2) is 23.1 Å². The van der Waals surface area contributed by atoms with Gasteiger partial charge in [0.15, 0.2) is 5.88 Å². The lowest BCUT2D eigenvalue weighted by Gasteiger charge is -2.41. The zero-order chi connectivity index (χ0) is 21.2. The van der Waals surface area contributed by atoms with Gasteiger partial charge in [0.05, 0.1) is 10.3 Å². The third kappa shape index (κ3) is 5.33. The maximum atomic E-state index is 13.0. The van der Waals surface area contributed by atoms with E-state index in [4.69, 9.17) is 9.47 Å². The molecule has 0 saturated carbocycles. The van der Waals surface area contributed by atoms with Crippen LogP contribution in [0.1, 0.15) is 67.7 Å². The molecular formula is C22H37NO4S. The van der Waals surface area contributed by atoms with E-state index < -0.39 is 15.8 Å². The molecule has 2 N–H and O–H groups in total. The highest BCUT2D eigenvalue weighted by Gasteiger charge is 2.40. The Labute approximate surface area is 174 Å². The monoisotopic (exact) mass is 411 g/mol. The van der Waals surface area contributed by atoms with Gasteiger partial charge in [-0.15, -0.1) is 11.8 Å². The highest BCUT2D eigenvalue weighted by atomic mass is 32.2. The summed E-state index contributed by atoms with van der Waals surface area (Å²) < 4.78 is 10.7. The third-order valence-electron chi connectivity index (χ3n) is 6.10. The Bertz CT molecular complexity index is 637. The number of allylic oxidation sites excluding steroid dienone is 1. The van der Waals surface area contributed by atoms with Gasteiger partial charge in [-0.3, -0.25) is 10.1 Å². The zero-order valence-electron chi connectivity index (χ0n) is 18.5. The van der Waals surface area contributed by atoms with Crippen LogP contribution in [-0.2, 0) is 14.3 Å². The largest absolute Gasteiger partial charge is 0.474 e. The van der Waals surface area contributed by atoms with E-state index in [1.807, 2.05) is 47.6 Å². The molecule has 0 aliphatic carbocycles. The summed E-state index contributed by atoms with van der Waals surface area (Å²) in [4.78, 5) is 13.0. The number of aliphatic hydroxyl groups is 1. The Morgan fingerprint density at radius 3 is 2.36 bits per heavy atom. The van der Waals surface area contributed by atoms with Crippen molar-refractivity contribution in [3.63, 3.8) is 0 Å². The average molecular weight is 412 g/mol. The Hall–Kier alpha value is -0.980. The molecule has 2 heterocycles. The third-order valence-corrected chi connectivity index (χ3v) is 7.68. The first kappa shape index (κ1) is 23.3. The summed E-state index contributed by atoms with van der Waals surface area (Å²) >= 11 is 1.71. The second-order valence-corrected chi connectivity index (χ2v) is 11.2. The Balaban J connectivity index is 2.16. The summed E-state index contributed by atoms with van der Waals surface area (Å²) in [6, 6.07) is 0. The summed E-state index contributed by atoms with van der Waals surface area (Å²) in [6.45, 7) is 15.7. The highest BCUT2D eigenvalue weighted by Crippen LogP contribution is 2.42. The lowest BCUT2D eigenvalue weighted by Crippen LogP contribution is -2.44. The van der Waals surface area contributed by atoms with Crippen LogP contribution in [0.3, 0.4) is 0 Å². The number of thioether (sulfide) groups is 1. The summed E-state index contributed by atoms with van der Waals surface area (Å²) in [5.41, 5.74) is 0.828. The molecule has 0 aromatic rings.